The van der Waals surface area contributed by atoms with Crippen LogP contribution in [-0.4, -0.2) is 30.1 Å². The SMILES string of the molecule is O=S(=O)(c1ccccc1)N1C(O)C[C@H]2CCC[C@H]21. The second-order valence-corrected chi connectivity index (χ2v) is 6.97. The molecule has 3 atom stereocenters. The third-order valence-corrected chi connectivity index (χ3v) is 6.01. The number of benzene rings is 1. The molecule has 1 unspecified atom stereocenters. The molecule has 4 nitrogen and oxygen atoms in total. The number of aliphatic hydroxyl groups excluding tert-OH is 1. The molecule has 1 N–H and O–H groups in total. The van der Waals surface area contributed by atoms with Gasteiger partial charge in [-0.2, -0.15) is 4.31 Å². The number of aliphatic hydroxyl groups is 1. The lowest BCUT2D eigenvalue weighted by molar-refractivity contribution is 0.0781. The van der Waals surface area contributed by atoms with Crippen LogP contribution in [0.25, 0.3) is 0 Å². The maximum atomic E-state index is 12.6. The van der Waals surface area contributed by atoms with Crippen LogP contribution < -0.4 is 0 Å². The van der Waals surface area contributed by atoms with E-state index in [4.69, 9.17) is 0 Å². The summed E-state index contributed by atoms with van der Waals surface area (Å²) in [6.07, 6.45) is 2.68. The van der Waals surface area contributed by atoms with Gasteiger partial charge in [0.05, 0.1) is 4.90 Å². The lowest BCUT2D eigenvalue weighted by atomic mass is 10.0. The Morgan fingerprint density at radius 3 is 2.61 bits per heavy atom. The first-order valence-corrected chi connectivity index (χ1v) is 7.81. The fourth-order valence-corrected chi connectivity index (χ4v) is 5.06. The average Bonchev–Trinajstić information content (AvgIpc) is 2.89. The van der Waals surface area contributed by atoms with Gasteiger partial charge in [0.2, 0.25) is 10.0 Å². The van der Waals surface area contributed by atoms with Crippen molar-refractivity contribution >= 4 is 10.0 Å². The molecule has 1 aliphatic carbocycles. The summed E-state index contributed by atoms with van der Waals surface area (Å²) in [6.45, 7) is 0. The highest BCUT2D eigenvalue weighted by atomic mass is 32.2. The van der Waals surface area contributed by atoms with Crippen LogP contribution in [0.3, 0.4) is 0 Å². The molecule has 1 aliphatic heterocycles. The highest BCUT2D eigenvalue weighted by Gasteiger charge is 2.48. The zero-order chi connectivity index (χ0) is 12.8. The normalized spacial score (nSPS) is 32.6. The van der Waals surface area contributed by atoms with Gasteiger partial charge < -0.3 is 5.11 Å². The Morgan fingerprint density at radius 1 is 1.17 bits per heavy atom. The highest BCUT2D eigenvalue weighted by Crippen LogP contribution is 2.43. The van der Waals surface area contributed by atoms with Crippen molar-refractivity contribution in [1.82, 2.24) is 4.31 Å². The molecule has 1 heterocycles. The molecule has 0 radical (unpaired) electrons. The molecule has 5 heteroatoms. The number of hydrogen-bond donors (Lipinski definition) is 1. The minimum atomic E-state index is -3.56. The Kier molecular flexibility index (Phi) is 2.92. The summed E-state index contributed by atoms with van der Waals surface area (Å²) in [5.41, 5.74) is 0. The Labute approximate surface area is 107 Å². The van der Waals surface area contributed by atoms with E-state index in [-0.39, 0.29) is 10.9 Å². The van der Waals surface area contributed by atoms with Crippen LogP contribution in [0.4, 0.5) is 0 Å². The minimum Gasteiger partial charge on any atom is -0.377 e. The molecular weight excluding hydrogens is 250 g/mol. The second kappa shape index (κ2) is 4.33. The van der Waals surface area contributed by atoms with Crippen molar-refractivity contribution in [2.45, 2.75) is 42.8 Å². The van der Waals surface area contributed by atoms with Crippen molar-refractivity contribution in [2.75, 3.05) is 0 Å². The van der Waals surface area contributed by atoms with Crippen LogP contribution in [0.2, 0.25) is 0 Å². The topological polar surface area (TPSA) is 57.6 Å². The number of rotatable bonds is 2. The second-order valence-electron chi connectivity index (χ2n) is 5.12. The number of hydrogen-bond acceptors (Lipinski definition) is 3. The summed E-state index contributed by atoms with van der Waals surface area (Å²) >= 11 is 0. The van der Waals surface area contributed by atoms with Crippen molar-refractivity contribution in [3.8, 4) is 0 Å². The Bertz CT molecular complexity index is 528. The number of fused-ring (bicyclic) bond motifs is 1. The lowest BCUT2D eigenvalue weighted by Gasteiger charge is -2.25. The van der Waals surface area contributed by atoms with E-state index < -0.39 is 16.3 Å². The molecule has 2 aliphatic rings. The van der Waals surface area contributed by atoms with Gasteiger partial charge in [0, 0.05) is 6.04 Å². The third kappa shape index (κ3) is 1.77. The molecule has 0 amide bonds. The summed E-state index contributed by atoms with van der Waals surface area (Å²) in [5.74, 6) is 0.332. The lowest BCUT2D eigenvalue weighted by Crippen LogP contribution is -2.41. The quantitative estimate of drug-likeness (QED) is 0.885. The summed E-state index contributed by atoms with van der Waals surface area (Å²) in [5, 5.41) is 10.0. The van der Waals surface area contributed by atoms with E-state index in [2.05, 4.69) is 0 Å². The standard InChI is InChI=1S/C13H17NO3S/c15-13-9-10-5-4-8-12(10)14(13)18(16,17)11-6-2-1-3-7-11/h1-3,6-7,10,12-13,15H,4-5,8-9H2/t10-,12-,13?/m1/s1. The van der Waals surface area contributed by atoms with Gasteiger partial charge in [-0.05, 0) is 37.3 Å². The van der Waals surface area contributed by atoms with Crippen LogP contribution in [0.5, 0.6) is 0 Å². The minimum absolute atomic E-state index is 0.00907. The molecule has 0 bridgehead atoms. The Balaban J connectivity index is 1.99. The zero-order valence-electron chi connectivity index (χ0n) is 10.1. The Morgan fingerprint density at radius 2 is 1.89 bits per heavy atom. The molecule has 0 spiro atoms. The van der Waals surface area contributed by atoms with Crippen molar-refractivity contribution in [2.24, 2.45) is 5.92 Å². The van der Waals surface area contributed by atoms with E-state index in [1.165, 1.54) is 4.31 Å². The fraction of sp³-hybridized carbons (Fsp3) is 0.538. The van der Waals surface area contributed by atoms with E-state index >= 15 is 0 Å². The first kappa shape index (κ1) is 12.1. The maximum Gasteiger partial charge on any atom is 0.245 e. The van der Waals surface area contributed by atoms with Crippen LogP contribution in [0.1, 0.15) is 25.7 Å². The molecule has 1 aromatic carbocycles. The summed E-state index contributed by atoms with van der Waals surface area (Å²) in [7, 11) is -3.56. The van der Waals surface area contributed by atoms with Crippen molar-refractivity contribution in [1.29, 1.82) is 0 Å². The molecular formula is C13H17NO3S. The molecule has 3 rings (SSSR count). The van der Waals surface area contributed by atoms with Gasteiger partial charge in [0.25, 0.3) is 0 Å². The van der Waals surface area contributed by atoms with Gasteiger partial charge in [-0.15, -0.1) is 0 Å². The molecule has 2 fully saturated rings. The monoisotopic (exact) mass is 267 g/mol. The van der Waals surface area contributed by atoms with Crippen LogP contribution in [0, 0.1) is 5.92 Å². The molecule has 1 saturated carbocycles. The smallest absolute Gasteiger partial charge is 0.245 e. The fourth-order valence-electron chi connectivity index (χ4n) is 3.28. The predicted octanol–water partition coefficient (Wildman–Crippen LogP) is 1.57. The average molecular weight is 267 g/mol. The van der Waals surface area contributed by atoms with E-state index in [0.717, 1.165) is 19.3 Å². The maximum absolute atomic E-state index is 12.6. The predicted molar refractivity (Wildman–Crippen MR) is 67.2 cm³/mol. The van der Waals surface area contributed by atoms with Crippen molar-refractivity contribution in [3.05, 3.63) is 30.3 Å². The molecule has 1 saturated heterocycles. The largest absolute Gasteiger partial charge is 0.377 e. The molecule has 0 aromatic heterocycles. The summed E-state index contributed by atoms with van der Waals surface area (Å²) in [4.78, 5) is 0.275. The van der Waals surface area contributed by atoms with Gasteiger partial charge in [-0.25, -0.2) is 8.42 Å². The first-order chi connectivity index (χ1) is 8.60. The first-order valence-electron chi connectivity index (χ1n) is 6.37. The van der Waals surface area contributed by atoms with Crippen LogP contribution >= 0.6 is 0 Å². The highest BCUT2D eigenvalue weighted by molar-refractivity contribution is 7.89. The zero-order valence-corrected chi connectivity index (χ0v) is 10.9. The number of nitrogens with zero attached hydrogens (tertiary/aromatic N) is 1. The van der Waals surface area contributed by atoms with Crippen molar-refractivity contribution in [3.63, 3.8) is 0 Å². The van der Waals surface area contributed by atoms with E-state index in [9.17, 15) is 13.5 Å². The number of sulfonamides is 1. The Hall–Kier alpha value is -0.910. The third-order valence-electron chi connectivity index (χ3n) is 4.07. The summed E-state index contributed by atoms with van der Waals surface area (Å²) in [6, 6.07) is 8.38. The van der Waals surface area contributed by atoms with Gasteiger partial charge in [0.1, 0.15) is 6.23 Å². The van der Waals surface area contributed by atoms with E-state index in [1.54, 1.807) is 30.3 Å². The van der Waals surface area contributed by atoms with Gasteiger partial charge in [0.15, 0.2) is 0 Å². The van der Waals surface area contributed by atoms with Crippen LogP contribution in [0.15, 0.2) is 35.2 Å². The van der Waals surface area contributed by atoms with Gasteiger partial charge >= 0.3 is 0 Å². The van der Waals surface area contributed by atoms with E-state index in [0.29, 0.717) is 12.3 Å². The van der Waals surface area contributed by atoms with Gasteiger partial charge in [-0.3, -0.25) is 0 Å². The molecule has 1 aromatic rings. The summed E-state index contributed by atoms with van der Waals surface area (Å²) < 4.78 is 26.4. The van der Waals surface area contributed by atoms with E-state index in [1.807, 2.05) is 0 Å². The molecule has 98 valence electrons. The van der Waals surface area contributed by atoms with Crippen molar-refractivity contribution < 1.29 is 13.5 Å². The van der Waals surface area contributed by atoms with Crippen LogP contribution in [-0.2, 0) is 10.0 Å². The van der Waals surface area contributed by atoms with Gasteiger partial charge in [-0.1, -0.05) is 24.6 Å². The molecule has 18 heavy (non-hydrogen) atoms.